The number of nitrogen functional groups attached to an aromatic ring is 1. The molecule has 3 rings (SSSR count). The summed E-state index contributed by atoms with van der Waals surface area (Å²) in [5.74, 6) is -2.58. The van der Waals surface area contributed by atoms with Crippen molar-refractivity contribution in [3.63, 3.8) is 0 Å². The Morgan fingerprint density at radius 2 is 2.21 bits per heavy atom. The molecule has 16 heteroatoms. The van der Waals surface area contributed by atoms with Crippen LogP contribution in [0.2, 0.25) is 0 Å². The maximum absolute atomic E-state index is 12.7. The van der Waals surface area contributed by atoms with Crippen molar-refractivity contribution in [2.24, 2.45) is 10.6 Å². The van der Waals surface area contributed by atoms with Gasteiger partial charge in [-0.05, 0) is 0 Å². The third kappa shape index (κ3) is 4.81. The average molecular weight is 503 g/mol. The van der Waals surface area contributed by atoms with Gasteiger partial charge in [0, 0.05) is 31.3 Å². The van der Waals surface area contributed by atoms with Crippen LogP contribution >= 0.6 is 23.1 Å². The normalized spacial score (nSPS) is 24.5. The number of thiazole rings is 1. The van der Waals surface area contributed by atoms with Crippen molar-refractivity contribution in [3.05, 3.63) is 11.1 Å². The third-order valence-electron chi connectivity index (χ3n) is 5.18. The lowest BCUT2D eigenvalue weighted by Crippen LogP contribution is -2.74. The van der Waals surface area contributed by atoms with E-state index in [-0.39, 0.29) is 36.3 Å². The van der Waals surface area contributed by atoms with Crippen LogP contribution in [0.15, 0.2) is 10.5 Å². The number of amides is 3. The Morgan fingerprint density at radius 1 is 1.48 bits per heavy atom. The zero-order valence-corrected chi connectivity index (χ0v) is 19.0. The van der Waals surface area contributed by atoms with E-state index in [0.717, 1.165) is 28.0 Å². The van der Waals surface area contributed by atoms with E-state index in [9.17, 15) is 29.5 Å². The highest BCUT2D eigenvalue weighted by Crippen LogP contribution is 2.42. The molecule has 0 aromatic carbocycles. The molecule has 2 unspecified atom stereocenters. The Bertz CT molecular complexity index is 986. The molecule has 0 spiro atoms. The first-order valence-electron chi connectivity index (χ1n) is 9.52. The molecule has 2 fully saturated rings. The monoisotopic (exact) mass is 502 g/mol. The zero-order valence-electron chi connectivity index (χ0n) is 17.3. The molecule has 2 aliphatic heterocycles. The van der Waals surface area contributed by atoms with Crippen molar-refractivity contribution in [2.75, 3.05) is 44.8 Å². The number of aliphatic hydroxyl groups is 1. The van der Waals surface area contributed by atoms with E-state index in [1.807, 2.05) is 0 Å². The van der Waals surface area contributed by atoms with Crippen LogP contribution < -0.4 is 11.1 Å². The van der Waals surface area contributed by atoms with Crippen LogP contribution in [0.4, 0.5) is 9.93 Å². The average Bonchev–Trinajstić information content (AvgIpc) is 3.21. The maximum atomic E-state index is 12.7. The van der Waals surface area contributed by atoms with Gasteiger partial charge in [-0.2, -0.15) is 0 Å². The van der Waals surface area contributed by atoms with Crippen LogP contribution in [-0.2, 0) is 19.1 Å². The Morgan fingerprint density at radius 3 is 2.79 bits per heavy atom. The number of carbonyl (C=O) groups is 4. The minimum atomic E-state index is -1.53. The molecule has 6 N–H and O–H groups in total. The Balaban J connectivity index is 1.63. The van der Waals surface area contributed by atoms with Gasteiger partial charge in [0.25, 0.3) is 5.91 Å². The highest BCUT2D eigenvalue weighted by atomic mass is 32.2. The molecule has 0 bridgehead atoms. The number of aliphatic carboxylic acids is 1. The van der Waals surface area contributed by atoms with E-state index in [1.165, 1.54) is 17.3 Å². The fourth-order valence-electron chi connectivity index (χ4n) is 3.28. The number of β-lactam (4-membered cyclic amide) rings is 1. The first-order valence-corrected chi connectivity index (χ1v) is 11.4. The Kier molecular flexibility index (Phi) is 7.28. The van der Waals surface area contributed by atoms with Gasteiger partial charge in [0.2, 0.25) is 5.91 Å². The van der Waals surface area contributed by atoms with Crippen molar-refractivity contribution >= 4 is 57.8 Å². The lowest BCUT2D eigenvalue weighted by molar-refractivity contribution is -0.160. The molecule has 3 atom stereocenters. The second-order valence-electron chi connectivity index (χ2n) is 7.42. The fourth-order valence-corrected chi connectivity index (χ4v) is 5.35. The van der Waals surface area contributed by atoms with Crippen molar-refractivity contribution in [3.8, 4) is 0 Å². The van der Waals surface area contributed by atoms with Crippen LogP contribution in [0.5, 0.6) is 0 Å². The number of nitrogens with two attached hydrogens (primary N) is 1. The molecular weight excluding hydrogens is 480 g/mol. The van der Waals surface area contributed by atoms with E-state index in [0.29, 0.717) is 0 Å². The Labute approximate surface area is 195 Å². The summed E-state index contributed by atoms with van der Waals surface area (Å²) in [7, 11) is 1.40. The van der Waals surface area contributed by atoms with Crippen molar-refractivity contribution < 1.29 is 39.3 Å². The molecule has 3 heterocycles. The zero-order chi connectivity index (χ0) is 24.3. The number of aliphatic hydroxyl groups excluding tert-OH is 1. The molecule has 2 aliphatic rings. The predicted octanol–water partition coefficient (Wildman–Crippen LogP) is -1.56. The van der Waals surface area contributed by atoms with Gasteiger partial charge in [-0.1, -0.05) is 5.16 Å². The number of carboxylic acid groups (broad SMARTS) is 1. The number of nitrogens with one attached hydrogen (secondary N) is 1. The van der Waals surface area contributed by atoms with Crippen molar-refractivity contribution in [1.82, 2.24) is 20.1 Å². The maximum Gasteiger partial charge on any atom is 0.409 e. The summed E-state index contributed by atoms with van der Waals surface area (Å²) in [6.45, 7) is -0.939. The van der Waals surface area contributed by atoms with Crippen LogP contribution in [-0.4, -0.2) is 110 Å². The number of oxime groups is 1. The van der Waals surface area contributed by atoms with Gasteiger partial charge in [-0.3, -0.25) is 14.4 Å². The summed E-state index contributed by atoms with van der Waals surface area (Å²) in [5.41, 5.74) is 3.64. The van der Waals surface area contributed by atoms with Crippen LogP contribution in [0.3, 0.4) is 0 Å². The van der Waals surface area contributed by atoms with Gasteiger partial charge in [0.1, 0.15) is 29.1 Å². The van der Waals surface area contributed by atoms with Crippen LogP contribution in [0.1, 0.15) is 5.69 Å². The first kappa shape index (κ1) is 24.5. The number of thioether (sulfide) groups is 1. The van der Waals surface area contributed by atoms with Gasteiger partial charge in [-0.25, -0.2) is 9.78 Å². The van der Waals surface area contributed by atoms with E-state index in [2.05, 4.69) is 15.5 Å². The fraction of sp³-hybridized carbons (Fsp3) is 0.529. The summed E-state index contributed by atoms with van der Waals surface area (Å²) >= 11 is 2.17. The van der Waals surface area contributed by atoms with E-state index in [1.54, 1.807) is 0 Å². The lowest BCUT2D eigenvalue weighted by Gasteiger charge is -2.53. The quantitative estimate of drug-likeness (QED) is 0.119. The number of carbonyl (C=O) groups excluding carboxylic acids is 3. The molecule has 1 aromatic rings. The number of hydrogen-bond donors (Lipinski definition) is 5. The molecule has 2 saturated heterocycles. The Hall–Kier alpha value is -3.11. The molecular formula is C17H22N6O8S2. The number of nitrogens with zero attached hydrogens (tertiary/aromatic N) is 4. The molecule has 0 aliphatic carbocycles. The number of fused-ring (bicyclic) bond motifs is 1. The summed E-state index contributed by atoms with van der Waals surface area (Å²) in [4.78, 5) is 55.4. The number of anilines is 1. The minimum absolute atomic E-state index is 0.0176. The predicted molar refractivity (Wildman–Crippen MR) is 116 cm³/mol. The number of ether oxygens (including phenoxy) is 1. The molecule has 33 heavy (non-hydrogen) atoms. The van der Waals surface area contributed by atoms with Crippen molar-refractivity contribution in [1.29, 1.82) is 0 Å². The molecule has 0 saturated carbocycles. The topological polar surface area (TPSA) is 208 Å². The van der Waals surface area contributed by atoms with E-state index in [4.69, 9.17) is 15.6 Å². The first-order chi connectivity index (χ1) is 15.6. The highest BCUT2D eigenvalue weighted by molar-refractivity contribution is 8.00. The molecule has 3 amide bonds. The molecule has 1 aromatic heterocycles. The summed E-state index contributed by atoms with van der Waals surface area (Å²) in [5, 5.41) is 34.3. The summed E-state index contributed by atoms with van der Waals surface area (Å²) < 4.78 is 5.11. The lowest BCUT2D eigenvalue weighted by atomic mass is 9.88. The van der Waals surface area contributed by atoms with Gasteiger partial charge in [0.15, 0.2) is 10.8 Å². The summed E-state index contributed by atoms with van der Waals surface area (Å²) in [6, 6.07) is -0.958. The molecule has 14 nitrogen and oxygen atoms in total. The van der Waals surface area contributed by atoms with E-state index >= 15 is 0 Å². The standard InChI is InChI=1S/C17H22N6O8S2/c1-22(2-3-24)16(29)31-6-17(14(27)28)5-23-12(26)10(13(23)33-7-17)20-11(25)9(21-30)8-4-32-15(18)19-8/h4,10,13,24,30H,2-3,5-7H2,1H3,(H2,18,19)(H,20,25)(H,27,28)/t10?,13-,17?/m1/s1. The second-order valence-corrected chi connectivity index (χ2v) is 9.42. The second kappa shape index (κ2) is 9.80. The third-order valence-corrected chi connectivity index (χ3v) is 7.45. The highest BCUT2D eigenvalue weighted by Gasteiger charge is 2.58. The van der Waals surface area contributed by atoms with Gasteiger partial charge in [-0.15, -0.1) is 23.1 Å². The SMILES string of the molecule is CN(CCO)C(=O)OCC1(C(=O)O)CS[C@@H]2C(NC(=O)C(=NO)c3csc(N)n3)C(=O)N2C1. The molecule has 0 radical (unpaired) electrons. The minimum Gasteiger partial charge on any atom is -0.481 e. The van der Waals surface area contributed by atoms with Crippen LogP contribution in [0, 0.1) is 5.41 Å². The van der Waals surface area contributed by atoms with Gasteiger partial charge in [0.05, 0.1) is 6.61 Å². The van der Waals surface area contributed by atoms with Gasteiger partial charge >= 0.3 is 12.1 Å². The molecule has 180 valence electrons. The number of hydrogen-bond acceptors (Lipinski definition) is 12. The number of likely N-dealkylation sites (N-methyl/N-ethyl adjacent to an activating group) is 1. The number of aromatic nitrogens is 1. The van der Waals surface area contributed by atoms with Gasteiger partial charge < -0.3 is 41.0 Å². The smallest absolute Gasteiger partial charge is 0.409 e. The number of rotatable bonds is 8. The largest absolute Gasteiger partial charge is 0.481 e. The summed E-state index contributed by atoms with van der Waals surface area (Å²) in [6.07, 6.45) is -0.796. The van der Waals surface area contributed by atoms with E-state index < -0.39 is 53.0 Å². The van der Waals surface area contributed by atoms with Crippen molar-refractivity contribution in [2.45, 2.75) is 11.4 Å². The van der Waals surface area contributed by atoms with Crippen LogP contribution in [0.25, 0.3) is 0 Å². The number of carboxylic acids is 1.